The Hall–Kier alpha value is -2.61. The summed E-state index contributed by atoms with van der Waals surface area (Å²) in [6.07, 6.45) is 5.11. The lowest BCUT2D eigenvalue weighted by molar-refractivity contribution is -0.123. The van der Waals surface area contributed by atoms with Gasteiger partial charge in [-0.3, -0.25) is 14.2 Å². The van der Waals surface area contributed by atoms with E-state index in [1.54, 1.807) is 15.4 Å². The maximum absolute atomic E-state index is 13.4. The van der Waals surface area contributed by atoms with E-state index < -0.39 is 0 Å². The predicted octanol–water partition coefficient (Wildman–Crippen LogP) is 4.57. The van der Waals surface area contributed by atoms with Crippen molar-refractivity contribution < 1.29 is 4.79 Å². The molecule has 2 aromatic heterocycles. The summed E-state index contributed by atoms with van der Waals surface area (Å²) in [5.74, 6) is 1.29. The largest absolute Gasteiger partial charge is 0.353 e. The van der Waals surface area contributed by atoms with Crippen LogP contribution in [0.2, 0.25) is 0 Å². The number of nitrogens with zero attached hydrogens (tertiary/aromatic N) is 4. The molecule has 1 saturated carbocycles. The van der Waals surface area contributed by atoms with Gasteiger partial charge in [-0.05, 0) is 56.1 Å². The van der Waals surface area contributed by atoms with E-state index in [4.69, 9.17) is 4.98 Å². The third-order valence-electron chi connectivity index (χ3n) is 7.12. The van der Waals surface area contributed by atoms with Crippen molar-refractivity contribution in [1.29, 1.82) is 0 Å². The Balaban J connectivity index is 1.39. The molecule has 1 aromatic carbocycles. The van der Waals surface area contributed by atoms with E-state index >= 15 is 0 Å². The third kappa shape index (κ3) is 4.28. The standard InChI is InChI=1S/C26H33N5O2S/c1-15-6-7-21(17(3)8-15)31-23-20(13-27-31)24(33)30-19(14-34-25(30)29-23)10-22(32)28-18-9-16(2)11-26(4,5)12-18/h6-8,13,16,18-19H,9-12,14H2,1-5H3,(H,28,32). The van der Waals surface area contributed by atoms with Crippen LogP contribution in [0.1, 0.15) is 63.6 Å². The first kappa shape index (κ1) is 23.1. The van der Waals surface area contributed by atoms with Gasteiger partial charge in [-0.1, -0.05) is 50.2 Å². The van der Waals surface area contributed by atoms with Crippen LogP contribution in [-0.2, 0) is 4.79 Å². The van der Waals surface area contributed by atoms with Crippen LogP contribution in [0, 0.1) is 25.2 Å². The van der Waals surface area contributed by atoms with Gasteiger partial charge in [0.1, 0.15) is 5.39 Å². The van der Waals surface area contributed by atoms with Gasteiger partial charge in [0.05, 0.1) is 17.9 Å². The van der Waals surface area contributed by atoms with Gasteiger partial charge in [-0.2, -0.15) is 5.10 Å². The number of fused-ring (bicyclic) bond motifs is 2. The van der Waals surface area contributed by atoms with E-state index in [0.29, 0.717) is 34.3 Å². The highest BCUT2D eigenvalue weighted by Crippen LogP contribution is 2.39. The molecule has 2 aliphatic rings. The van der Waals surface area contributed by atoms with Crippen LogP contribution < -0.4 is 10.9 Å². The Morgan fingerprint density at radius 3 is 2.79 bits per heavy atom. The van der Waals surface area contributed by atoms with Crippen molar-refractivity contribution in [3.63, 3.8) is 0 Å². The molecule has 1 aliphatic carbocycles. The first-order valence-electron chi connectivity index (χ1n) is 12.1. The van der Waals surface area contributed by atoms with Crippen LogP contribution in [0.3, 0.4) is 0 Å². The van der Waals surface area contributed by atoms with Crippen molar-refractivity contribution in [3.8, 4) is 5.69 Å². The van der Waals surface area contributed by atoms with E-state index in [1.165, 1.54) is 23.7 Å². The lowest BCUT2D eigenvalue weighted by Gasteiger charge is -2.39. The van der Waals surface area contributed by atoms with E-state index in [-0.39, 0.29) is 29.0 Å². The zero-order valence-corrected chi connectivity index (χ0v) is 21.4. The molecule has 1 fully saturated rings. The normalized spacial score (nSPS) is 23.7. The number of hydrogen-bond acceptors (Lipinski definition) is 5. The van der Waals surface area contributed by atoms with Gasteiger partial charge in [0.2, 0.25) is 5.91 Å². The Labute approximate surface area is 204 Å². The van der Waals surface area contributed by atoms with Gasteiger partial charge in [-0.25, -0.2) is 9.67 Å². The minimum Gasteiger partial charge on any atom is -0.353 e. The lowest BCUT2D eigenvalue weighted by Crippen LogP contribution is -2.43. The Kier molecular flexibility index (Phi) is 5.82. The molecule has 8 heteroatoms. The highest BCUT2D eigenvalue weighted by molar-refractivity contribution is 7.99. The number of thioether (sulfide) groups is 1. The highest BCUT2D eigenvalue weighted by Gasteiger charge is 2.34. The topological polar surface area (TPSA) is 81.8 Å². The summed E-state index contributed by atoms with van der Waals surface area (Å²) in [5, 5.41) is 8.90. The van der Waals surface area contributed by atoms with Gasteiger partial charge in [0.15, 0.2) is 10.8 Å². The van der Waals surface area contributed by atoms with E-state index in [9.17, 15) is 9.59 Å². The van der Waals surface area contributed by atoms with Gasteiger partial charge >= 0.3 is 0 Å². The van der Waals surface area contributed by atoms with E-state index in [1.807, 2.05) is 19.1 Å². The molecule has 7 nitrogen and oxygen atoms in total. The van der Waals surface area contributed by atoms with E-state index in [2.05, 4.69) is 44.2 Å². The molecular weight excluding hydrogens is 446 g/mol. The summed E-state index contributed by atoms with van der Waals surface area (Å²) in [6.45, 7) is 10.9. The predicted molar refractivity (Wildman–Crippen MR) is 136 cm³/mol. The van der Waals surface area contributed by atoms with E-state index in [0.717, 1.165) is 24.1 Å². The number of benzene rings is 1. The molecule has 3 atom stereocenters. The van der Waals surface area contributed by atoms with Crippen LogP contribution in [0.15, 0.2) is 34.3 Å². The molecule has 3 heterocycles. The molecule has 3 unspecified atom stereocenters. The minimum absolute atomic E-state index is 0.0197. The molecule has 34 heavy (non-hydrogen) atoms. The van der Waals surface area contributed by atoms with Crippen LogP contribution in [0.4, 0.5) is 0 Å². The Bertz CT molecular complexity index is 1320. The number of aryl methyl sites for hydroxylation is 2. The molecule has 0 bridgehead atoms. The zero-order chi connectivity index (χ0) is 24.2. The first-order valence-corrected chi connectivity index (χ1v) is 13.1. The second kappa shape index (κ2) is 8.56. The van der Waals surface area contributed by atoms with Crippen molar-refractivity contribution in [2.45, 2.75) is 77.5 Å². The number of carbonyl (C=O) groups excluding carboxylic acids is 1. The maximum Gasteiger partial charge on any atom is 0.265 e. The fraction of sp³-hybridized carbons (Fsp3) is 0.538. The molecule has 0 saturated heterocycles. The summed E-state index contributed by atoms with van der Waals surface area (Å²) in [4.78, 5) is 31.2. The minimum atomic E-state index is -0.192. The molecular formula is C26H33N5O2S. The summed E-state index contributed by atoms with van der Waals surface area (Å²) in [7, 11) is 0. The molecule has 180 valence electrons. The number of aromatic nitrogens is 4. The van der Waals surface area contributed by atoms with Gasteiger partial charge < -0.3 is 5.32 Å². The summed E-state index contributed by atoms with van der Waals surface area (Å²) >= 11 is 1.54. The fourth-order valence-corrected chi connectivity index (χ4v) is 7.09. The van der Waals surface area contributed by atoms with Crippen molar-refractivity contribution in [1.82, 2.24) is 24.6 Å². The van der Waals surface area contributed by atoms with Crippen molar-refractivity contribution in [3.05, 3.63) is 45.9 Å². The molecule has 1 N–H and O–H groups in total. The molecule has 3 aromatic rings. The number of nitrogens with one attached hydrogen (secondary N) is 1. The Morgan fingerprint density at radius 1 is 1.26 bits per heavy atom. The van der Waals surface area contributed by atoms with Gasteiger partial charge in [-0.15, -0.1) is 0 Å². The average molecular weight is 480 g/mol. The average Bonchev–Trinajstić information content (AvgIpc) is 3.31. The Morgan fingerprint density at radius 2 is 2.06 bits per heavy atom. The summed E-state index contributed by atoms with van der Waals surface area (Å²) in [6, 6.07) is 6.15. The highest BCUT2D eigenvalue weighted by atomic mass is 32.2. The SMILES string of the molecule is Cc1ccc(-n2ncc3c(=O)n4c(nc32)SCC4CC(=O)NC2CC(C)CC(C)(C)C2)c(C)c1. The summed E-state index contributed by atoms with van der Waals surface area (Å²) < 4.78 is 3.45. The number of carbonyl (C=O) groups is 1. The monoisotopic (exact) mass is 479 g/mol. The molecule has 0 spiro atoms. The smallest absolute Gasteiger partial charge is 0.265 e. The van der Waals surface area contributed by atoms with Crippen LogP contribution in [-0.4, -0.2) is 37.0 Å². The number of rotatable bonds is 4. The second-order valence-corrected chi connectivity index (χ2v) is 12.0. The molecule has 0 radical (unpaired) electrons. The third-order valence-corrected chi connectivity index (χ3v) is 8.22. The molecule has 1 amide bonds. The maximum atomic E-state index is 13.4. The van der Waals surface area contributed by atoms with Crippen LogP contribution in [0.25, 0.3) is 16.7 Å². The quantitative estimate of drug-likeness (QED) is 0.555. The van der Waals surface area contributed by atoms with Crippen molar-refractivity contribution in [2.24, 2.45) is 11.3 Å². The zero-order valence-electron chi connectivity index (χ0n) is 20.6. The number of hydrogen-bond donors (Lipinski definition) is 1. The van der Waals surface area contributed by atoms with Gasteiger partial charge in [0.25, 0.3) is 5.56 Å². The second-order valence-electron chi connectivity index (χ2n) is 11.0. The molecule has 5 rings (SSSR count). The fourth-order valence-electron chi connectivity index (χ4n) is 5.96. The van der Waals surface area contributed by atoms with Gasteiger partial charge in [0, 0.05) is 18.2 Å². The van der Waals surface area contributed by atoms with Crippen LogP contribution >= 0.6 is 11.8 Å². The van der Waals surface area contributed by atoms with Crippen molar-refractivity contribution in [2.75, 3.05) is 5.75 Å². The van der Waals surface area contributed by atoms with Crippen LogP contribution in [0.5, 0.6) is 0 Å². The molecule has 1 aliphatic heterocycles. The lowest BCUT2D eigenvalue weighted by atomic mass is 9.70. The first-order chi connectivity index (χ1) is 16.1. The summed E-state index contributed by atoms with van der Waals surface area (Å²) in [5.41, 5.74) is 3.87. The van der Waals surface area contributed by atoms with Crippen molar-refractivity contribution >= 4 is 28.7 Å². The number of amides is 1.